The summed E-state index contributed by atoms with van der Waals surface area (Å²) in [6, 6.07) is 0.225. The van der Waals surface area contributed by atoms with E-state index in [4.69, 9.17) is 0 Å². The van der Waals surface area contributed by atoms with Gasteiger partial charge in [-0.1, -0.05) is 0 Å². The molecule has 6 heteroatoms. The highest BCUT2D eigenvalue weighted by Gasteiger charge is 2.26. The van der Waals surface area contributed by atoms with Crippen molar-refractivity contribution in [2.75, 3.05) is 0 Å². The van der Waals surface area contributed by atoms with Crippen molar-refractivity contribution in [2.24, 2.45) is 0 Å². The van der Waals surface area contributed by atoms with Gasteiger partial charge in [-0.3, -0.25) is 0 Å². The number of tetrazole rings is 1. The van der Waals surface area contributed by atoms with Crippen molar-refractivity contribution in [1.82, 2.24) is 20.2 Å². The van der Waals surface area contributed by atoms with Crippen molar-refractivity contribution >= 4 is 12.6 Å². The van der Waals surface area contributed by atoms with Crippen LogP contribution in [0, 0.1) is 0 Å². The number of rotatable bonds is 1. The Morgan fingerprint density at radius 2 is 2.33 bits per heavy atom. The Labute approximate surface area is 75.2 Å². The lowest BCUT2D eigenvalue weighted by atomic mass is 10.2. The molecule has 5 nitrogen and oxygen atoms in total. The minimum absolute atomic E-state index is 0.202. The minimum atomic E-state index is -0.202. The van der Waals surface area contributed by atoms with E-state index in [2.05, 4.69) is 28.2 Å². The summed E-state index contributed by atoms with van der Waals surface area (Å²) in [6.07, 6.45) is 2.29. The van der Waals surface area contributed by atoms with Crippen molar-refractivity contribution in [2.45, 2.75) is 36.6 Å². The molecule has 0 aliphatic heterocycles. The molecule has 0 bridgehead atoms. The number of hydrogen-bond acceptors (Lipinski definition) is 5. The van der Waals surface area contributed by atoms with Crippen LogP contribution in [0.5, 0.6) is 0 Å². The highest BCUT2D eigenvalue weighted by atomic mass is 32.1. The molecule has 2 atom stereocenters. The Kier molecular flexibility index (Phi) is 2.02. The second-order valence-electron chi connectivity index (χ2n) is 3.04. The molecule has 1 aromatic rings. The summed E-state index contributed by atoms with van der Waals surface area (Å²) in [4.78, 5) is 0. The zero-order valence-corrected chi connectivity index (χ0v) is 7.35. The molecule has 1 heterocycles. The van der Waals surface area contributed by atoms with Crippen molar-refractivity contribution in [3.63, 3.8) is 0 Å². The Hall–Kier alpha value is -0.620. The SMILES string of the molecule is O[C@H]1CC[C@@H](n2nnnc2S)C1. The predicted octanol–water partition coefficient (Wildman–Crippen LogP) is 0.0477. The van der Waals surface area contributed by atoms with Gasteiger partial charge in [-0.05, 0) is 29.7 Å². The highest BCUT2D eigenvalue weighted by Crippen LogP contribution is 2.29. The third kappa shape index (κ3) is 1.32. The molecule has 2 rings (SSSR count). The van der Waals surface area contributed by atoms with Gasteiger partial charge in [0.1, 0.15) is 0 Å². The van der Waals surface area contributed by atoms with E-state index >= 15 is 0 Å². The second-order valence-corrected chi connectivity index (χ2v) is 3.44. The Bertz CT molecular complexity index is 276. The maximum atomic E-state index is 9.28. The average molecular weight is 186 g/mol. The summed E-state index contributed by atoms with van der Waals surface area (Å²) in [5.41, 5.74) is 0. The van der Waals surface area contributed by atoms with Gasteiger partial charge in [0, 0.05) is 0 Å². The van der Waals surface area contributed by atoms with E-state index in [1.165, 1.54) is 0 Å². The number of aliphatic hydroxyl groups is 1. The second kappa shape index (κ2) is 3.02. The van der Waals surface area contributed by atoms with Gasteiger partial charge in [0.15, 0.2) is 0 Å². The topological polar surface area (TPSA) is 63.8 Å². The van der Waals surface area contributed by atoms with Gasteiger partial charge in [-0.2, -0.15) is 0 Å². The van der Waals surface area contributed by atoms with Crippen LogP contribution in [-0.4, -0.2) is 31.4 Å². The summed E-state index contributed by atoms with van der Waals surface area (Å²) in [6.45, 7) is 0. The molecule has 0 amide bonds. The maximum Gasteiger partial charge on any atom is 0.206 e. The zero-order chi connectivity index (χ0) is 8.55. The van der Waals surface area contributed by atoms with Gasteiger partial charge >= 0.3 is 0 Å². The molecule has 0 aromatic carbocycles. The molecular weight excluding hydrogens is 176 g/mol. The first-order valence-electron chi connectivity index (χ1n) is 3.92. The molecule has 12 heavy (non-hydrogen) atoms. The minimum Gasteiger partial charge on any atom is -0.393 e. The van der Waals surface area contributed by atoms with Crippen LogP contribution in [0.2, 0.25) is 0 Å². The highest BCUT2D eigenvalue weighted by molar-refractivity contribution is 7.80. The zero-order valence-electron chi connectivity index (χ0n) is 6.46. The molecule has 0 saturated heterocycles. The first-order valence-corrected chi connectivity index (χ1v) is 4.37. The molecule has 1 aromatic heterocycles. The van der Waals surface area contributed by atoms with Crippen LogP contribution in [0.1, 0.15) is 25.3 Å². The van der Waals surface area contributed by atoms with E-state index in [1.807, 2.05) is 0 Å². The predicted molar refractivity (Wildman–Crippen MR) is 44.0 cm³/mol. The van der Waals surface area contributed by atoms with Crippen molar-refractivity contribution in [1.29, 1.82) is 0 Å². The molecule has 66 valence electrons. The molecule has 1 fully saturated rings. The summed E-state index contributed by atoms with van der Waals surface area (Å²) >= 11 is 4.10. The smallest absolute Gasteiger partial charge is 0.206 e. The first kappa shape index (κ1) is 8.00. The van der Waals surface area contributed by atoms with Gasteiger partial charge in [0.2, 0.25) is 5.16 Å². The monoisotopic (exact) mass is 186 g/mol. The third-order valence-electron chi connectivity index (χ3n) is 2.20. The van der Waals surface area contributed by atoms with E-state index in [-0.39, 0.29) is 12.1 Å². The van der Waals surface area contributed by atoms with E-state index < -0.39 is 0 Å². The number of aliphatic hydroxyl groups excluding tert-OH is 1. The molecule has 0 unspecified atom stereocenters. The number of hydrogen-bond donors (Lipinski definition) is 2. The lowest BCUT2D eigenvalue weighted by Gasteiger charge is -2.08. The first-order chi connectivity index (χ1) is 5.77. The lowest BCUT2D eigenvalue weighted by molar-refractivity contribution is 0.176. The number of aromatic nitrogens is 4. The van der Waals surface area contributed by atoms with E-state index in [1.54, 1.807) is 4.68 Å². The Balaban J connectivity index is 2.16. The molecule has 1 aliphatic carbocycles. The molecule has 0 spiro atoms. The summed E-state index contributed by atoms with van der Waals surface area (Å²) < 4.78 is 1.67. The van der Waals surface area contributed by atoms with Crippen LogP contribution in [0.3, 0.4) is 0 Å². The van der Waals surface area contributed by atoms with Crippen molar-refractivity contribution in [3.05, 3.63) is 0 Å². The van der Waals surface area contributed by atoms with E-state index in [9.17, 15) is 5.11 Å². The van der Waals surface area contributed by atoms with Crippen LogP contribution < -0.4 is 0 Å². The Morgan fingerprint density at radius 3 is 2.83 bits per heavy atom. The lowest BCUT2D eigenvalue weighted by Crippen LogP contribution is -2.09. The quantitative estimate of drug-likeness (QED) is 0.608. The maximum absolute atomic E-state index is 9.28. The fourth-order valence-electron chi connectivity index (χ4n) is 1.58. The third-order valence-corrected chi connectivity index (χ3v) is 2.49. The molecular formula is C6H10N4OS. The van der Waals surface area contributed by atoms with Gasteiger partial charge in [0.25, 0.3) is 0 Å². The summed E-state index contributed by atoms with van der Waals surface area (Å²) in [7, 11) is 0. The summed E-state index contributed by atoms with van der Waals surface area (Å²) in [5.74, 6) is 0. The van der Waals surface area contributed by atoms with Crippen LogP contribution in [0.15, 0.2) is 5.16 Å². The van der Waals surface area contributed by atoms with Crippen LogP contribution in [0.25, 0.3) is 0 Å². The van der Waals surface area contributed by atoms with Crippen molar-refractivity contribution in [3.8, 4) is 0 Å². The molecule has 1 saturated carbocycles. The van der Waals surface area contributed by atoms with Gasteiger partial charge in [-0.15, -0.1) is 17.7 Å². The Morgan fingerprint density at radius 1 is 1.50 bits per heavy atom. The normalized spacial score (nSPS) is 29.5. The van der Waals surface area contributed by atoms with Crippen LogP contribution in [0.4, 0.5) is 0 Å². The summed E-state index contributed by atoms with van der Waals surface area (Å²) in [5, 5.41) is 20.8. The molecule has 1 aliphatic rings. The van der Waals surface area contributed by atoms with Crippen molar-refractivity contribution < 1.29 is 5.11 Å². The largest absolute Gasteiger partial charge is 0.393 e. The fraction of sp³-hybridized carbons (Fsp3) is 0.833. The van der Waals surface area contributed by atoms with E-state index in [0.29, 0.717) is 5.16 Å². The fourth-order valence-corrected chi connectivity index (χ4v) is 1.83. The standard InChI is InChI=1S/C6H10N4OS/c11-5-2-1-4(3-5)10-6(12)7-8-9-10/h4-5,11H,1-3H2,(H,7,9,12)/t4-,5+/m1/s1. The van der Waals surface area contributed by atoms with Gasteiger partial charge in [0.05, 0.1) is 12.1 Å². The van der Waals surface area contributed by atoms with Gasteiger partial charge < -0.3 is 5.11 Å². The van der Waals surface area contributed by atoms with Gasteiger partial charge in [-0.25, -0.2) is 4.68 Å². The van der Waals surface area contributed by atoms with Crippen LogP contribution >= 0.6 is 12.6 Å². The number of nitrogens with zero attached hydrogens (tertiary/aromatic N) is 4. The number of thiol groups is 1. The molecule has 0 radical (unpaired) electrons. The van der Waals surface area contributed by atoms with Crippen LogP contribution in [-0.2, 0) is 0 Å². The molecule has 1 N–H and O–H groups in total. The average Bonchev–Trinajstić information content (AvgIpc) is 2.58. The van der Waals surface area contributed by atoms with E-state index in [0.717, 1.165) is 19.3 Å².